The number of esters is 1. The molecule has 7 heteroatoms. The van der Waals surface area contributed by atoms with Crippen molar-refractivity contribution >= 4 is 33.4 Å². The van der Waals surface area contributed by atoms with Crippen LogP contribution in [0.1, 0.15) is 41.0 Å². The van der Waals surface area contributed by atoms with Gasteiger partial charge >= 0.3 is 5.97 Å². The molecule has 1 N–H and O–H groups in total. The molecule has 0 radical (unpaired) electrons. The third-order valence-electron chi connectivity index (χ3n) is 3.49. The van der Waals surface area contributed by atoms with Crippen LogP contribution in [0.15, 0.2) is 6.07 Å². The molecular formula is C15H21N3O3S. The maximum Gasteiger partial charge on any atom is 0.305 e. The summed E-state index contributed by atoms with van der Waals surface area (Å²) in [7, 11) is 3.28. The van der Waals surface area contributed by atoms with Gasteiger partial charge in [0.2, 0.25) is 0 Å². The fraction of sp³-hybridized carbons (Fsp3) is 0.533. The van der Waals surface area contributed by atoms with Gasteiger partial charge in [0.25, 0.3) is 5.91 Å². The lowest BCUT2D eigenvalue weighted by molar-refractivity contribution is -0.140. The molecule has 2 aromatic rings. The van der Waals surface area contributed by atoms with E-state index in [0.717, 1.165) is 35.2 Å². The standard InChI is InChI=1S/C15H21N3O3S/c1-10-11-9-12(22-15(11)18(2)17-10)14(20)16-8-6-4-5-7-13(19)21-3/h9H,4-8H2,1-3H3,(H,16,20). The van der Waals surface area contributed by atoms with E-state index in [1.165, 1.54) is 18.4 Å². The highest BCUT2D eigenvalue weighted by Crippen LogP contribution is 2.27. The summed E-state index contributed by atoms with van der Waals surface area (Å²) < 4.78 is 6.38. The van der Waals surface area contributed by atoms with Crippen molar-refractivity contribution in [1.82, 2.24) is 15.1 Å². The number of rotatable bonds is 7. The molecule has 6 nitrogen and oxygen atoms in total. The zero-order valence-electron chi connectivity index (χ0n) is 13.1. The van der Waals surface area contributed by atoms with E-state index in [9.17, 15) is 9.59 Å². The molecule has 0 aromatic carbocycles. The molecule has 2 rings (SSSR count). The van der Waals surface area contributed by atoms with Gasteiger partial charge in [-0.2, -0.15) is 5.10 Å². The number of amides is 1. The predicted octanol–water partition coefficient (Wildman–Crippen LogP) is 2.41. The van der Waals surface area contributed by atoms with Gasteiger partial charge < -0.3 is 10.1 Å². The molecule has 0 aliphatic heterocycles. The Morgan fingerprint density at radius 3 is 2.82 bits per heavy atom. The first-order valence-electron chi connectivity index (χ1n) is 7.31. The van der Waals surface area contributed by atoms with E-state index in [2.05, 4.69) is 15.2 Å². The molecule has 2 heterocycles. The normalized spacial score (nSPS) is 10.9. The molecule has 0 aliphatic rings. The van der Waals surface area contributed by atoms with Crippen LogP contribution in [0.3, 0.4) is 0 Å². The first-order chi connectivity index (χ1) is 10.5. The van der Waals surface area contributed by atoms with E-state index < -0.39 is 0 Å². The van der Waals surface area contributed by atoms with Crippen LogP contribution in [0.25, 0.3) is 10.2 Å². The molecule has 0 spiro atoms. The van der Waals surface area contributed by atoms with Crippen molar-refractivity contribution in [3.05, 3.63) is 16.6 Å². The molecule has 0 fully saturated rings. The third-order valence-corrected chi connectivity index (χ3v) is 4.69. The summed E-state index contributed by atoms with van der Waals surface area (Å²) >= 11 is 1.46. The lowest BCUT2D eigenvalue weighted by Gasteiger charge is -2.03. The number of carbonyl (C=O) groups excluding carboxylic acids is 2. The Balaban J connectivity index is 1.77. The van der Waals surface area contributed by atoms with E-state index in [0.29, 0.717) is 17.8 Å². The number of nitrogens with one attached hydrogen (secondary N) is 1. The highest BCUT2D eigenvalue weighted by molar-refractivity contribution is 7.20. The zero-order valence-corrected chi connectivity index (χ0v) is 14.0. The van der Waals surface area contributed by atoms with Gasteiger partial charge in [0.15, 0.2) is 0 Å². The number of fused-ring (bicyclic) bond motifs is 1. The van der Waals surface area contributed by atoms with E-state index >= 15 is 0 Å². The summed E-state index contributed by atoms with van der Waals surface area (Å²) in [4.78, 5) is 24.8. The van der Waals surface area contributed by atoms with Gasteiger partial charge in [-0.1, -0.05) is 6.42 Å². The van der Waals surface area contributed by atoms with Gasteiger partial charge in [0.05, 0.1) is 17.7 Å². The number of carbonyl (C=O) groups is 2. The minimum Gasteiger partial charge on any atom is -0.469 e. The summed E-state index contributed by atoms with van der Waals surface area (Å²) in [6, 6.07) is 1.90. The second-order valence-corrected chi connectivity index (χ2v) is 6.21. The fourth-order valence-electron chi connectivity index (χ4n) is 2.28. The summed E-state index contributed by atoms with van der Waals surface area (Å²) in [5.41, 5.74) is 0.940. The van der Waals surface area contributed by atoms with Crippen LogP contribution in [0.2, 0.25) is 0 Å². The molecule has 22 heavy (non-hydrogen) atoms. The molecule has 1 amide bonds. The van der Waals surface area contributed by atoms with Gasteiger partial charge in [0, 0.05) is 25.4 Å². The van der Waals surface area contributed by atoms with Crippen LogP contribution < -0.4 is 5.32 Å². The molecule has 2 aromatic heterocycles. The maximum absolute atomic E-state index is 12.1. The quantitative estimate of drug-likeness (QED) is 0.627. The molecule has 0 bridgehead atoms. The van der Waals surface area contributed by atoms with Crippen LogP contribution in [-0.2, 0) is 16.6 Å². The number of nitrogens with zero attached hydrogens (tertiary/aromatic N) is 2. The Kier molecular flexibility index (Phi) is 5.54. The molecule has 0 atom stereocenters. The van der Waals surface area contributed by atoms with E-state index in [4.69, 9.17) is 0 Å². The van der Waals surface area contributed by atoms with Crippen LogP contribution in [0.5, 0.6) is 0 Å². The van der Waals surface area contributed by atoms with Crippen molar-refractivity contribution < 1.29 is 14.3 Å². The smallest absolute Gasteiger partial charge is 0.305 e. The Morgan fingerprint density at radius 2 is 2.14 bits per heavy atom. The number of hydrogen-bond acceptors (Lipinski definition) is 5. The van der Waals surface area contributed by atoms with Gasteiger partial charge in [-0.25, -0.2) is 0 Å². The van der Waals surface area contributed by atoms with Crippen molar-refractivity contribution in [3.8, 4) is 0 Å². The van der Waals surface area contributed by atoms with Gasteiger partial charge in [-0.15, -0.1) is 11.3 Å². The SMILES string of the molecule is COC(=O)CCCCCNC(=O)c1cc2c(C)nn(C)c2s1. The third kappa shape index (κ3) is 3.85. The van der Waals surface area contributed by atoms with Gasteiger partial charge in [0.1, 0.15) is 4.83 Å². The van der Waals surface area contributed by atoms with Crippen molar-refractivity contribution in [1.29, 1.82) is 0 Å². The predicted molar refractivity (Wildman–Crippen MR) is 86.1 cm³/mol. The number of thiophene rings is 1. The first-order valence-corrected chi connectivity index (χ1v) is 8.12. The number of unbranched alkanes of at least 4 members (excludes halogenated alkanes) is 2. The minimum atomic E-state index is -0.182. The number of aryl methyl sites for hydroxylation is 2. The molecule has 120 valence electrons. The number of aromatic nitrogens is 2. The highest BCUT2D eigenvalue weighted by Gasteiger charge is 2.14. The second-order valence-electron chi connectivity index (χ2n) is 5.18. The molecule has 0 saturated carbocycles. The minimum absolute atomic E-state index is 0.0476. The molecule has 0 unspecified atom stereocenters. The van der Waals surface area contributed by atoms with Crippen LogP contribution in [0, 0.1) is 6.92 Å². The highest BCUT2D eigenvalue weighted by atomic mass is 32.1. The Labute approximate surface area is 133 Å². The zero-order chi connectivity index (χ0) is 16.1. The summed E-state index contributed by atoms with van der Waals surface area (Å²) in [5.74, 6) is -0.230. The summed E-state index contributed by atoms with van der Waals surface area (Å²) in [6.45, 7) is 2.56. The number of methoxy groups -OCH3 is 1. The van der Waals surface area contributed by atoms with Crippen molar-refractivity contribution in [2.45, 2.75) is 32.6 Å². The van der Waals surface area contributed by atoms with Gasteiger partial charge in [-0.05, 0) is 25.8 Å². The first kappa shape index (κ1) is 16.5. The average Bonchev–Trinajstić information content (AvgIpc) is 3.04. The molecule has 0 aliphatic carbocycles. The largest absolute Gasteiger partial charge is 0.469 e. The Morgan fingerprint density at radius 1 is 1.36 bits per heavy atom. The maximum atomic E-state index is 12.1. The molecule has 0 saturated heterocycles. The van der Waals surface area contributed by atoms with E-state index in [1.807, 2.05) is 20.0 Å². The molecular weight excluding hydrogens is 302 g/mol. The second kappa shape index (κ2) is 7.40. The lowest BCUT2D eigenvalue weighted by Crippen LogP contribution is -2.23. The van der Waals surface area contributed by atoms with Crippen molar-refractivity contribution in [3.63, 3.8) is 0 Å². The van der Waals surface area contributed by atoms with E-state index in [1.54, 1.807) is 4.68 Å². The topological polar surface area (TPSA) is 73.2 Å². The summed E-state index contributed by atoms with van der Waals surface area (Å²) in [5, 5.41) is 8.28. The summed E-state index contributed by atoms with van der Waals surface area (Å²) in [6.07, 6.45) is 2.97. The Bertz CT molecular complexity index is 640. The van der Waals surface area contributed by atoms with Crippen molar-refractivity contribution in [2.24, 2.45) is 7.05 Å². The van der Waals surface area contributed by atoms with Crippen molar-refractivity contribution in [2.75, 3.05) is 13.7 Å². The number of ether oxygens (including phenoxy) is 1. The lowest BCUT2D eigenvalue weighted by atomic mass is 10.2. The Hall–Kier alpha value is -1.89. The van der Waals surface area contributed by atoms with Crippen LogP contribution in [-0.4, -0.2) is 35.3 Å². The monoisotopic (exact) mass is 323 g/mol. The average molecular weight is 323 g/mol. The van der Waals surface area contributed by atoms with E-state index in [-0.39, 0.29) is 11.9 Å². The number of hydrogen-bond donors (Lipinski definition) is 1. The van der Waals surface area contributed by atoms with Crippen LogP contribution >= 0.6 is 11.3 Å². The van der Waals surface area contributed by atoms with Gasteiger partial charge in [-0.3, -0.25) is 14.3 Å². The van der Waals surface area contributed by atoms with Crippen LogP contribution in [0.4, 0.5) is 0 Å². The fourth-order valence-corrected chi connectivity index (χ4v) is 3.32.